The van der Waals surface area contributed by atoms with Gasteiger partial charge in [0.15, 0.2) is 0 Å². The molecule has 33 heavy (non-hydrogen) atoms. The van der Waals surface area contributed by atoms with Crippen LogP contribution in [0.1, 0.15) is 36.7 Å². The summed E-state index contributed by atoms with van der Waals surface area (Å²) in [6, 6.07) is 7.50. The number of hydrogen-bond donors (Lipinski definition) is 3. The molecule has 4 aromatic rings. The number of nitrogens with zero attached hydrogens (tertiary/aromatic N) is 7. The fourth-order valence-corrected chi connectivity index (χ4v) is 4.38. The molecule has 3 atom stereocenters. The number of nitrogen functional groups attached to an aromatic ring is 1. The SMILES string of the molecule is Cc1cccc2cc([C@H](C)Nc3ncnc(N)c3-c3nnn(C)n3)n(C3CC3CO)c(=O)c12. The van der Waals surface area contributed by atoms with E-state index in [2.05, 4.69) is 30.7 Å². The van der Waals surface area contributed by atoms with Gasteiger partial charge in [0, 0.05) is 24.3 Å². The van der Waals surface area contributed by atoms with E-state index in [0.717, 1.165) is 23.1 Å². The number of benzene rings is 1. The third-order valence-electron chi connectivity index (χ3n) is 6.18. The molecule has 1 aromatic carbocycles. The number of hydrogen-bond acceptors (Lipinski definition) is 9. The lowest BCUT2D eigenvalue weighted by Crippen LogP contribution is -2.27. The first kappa shape index (κ1) is 21.0. The van der Waals surface area contributed by atoms with Gasteiger partial charge in [-0.05, 0) is 42.5 Å². The molecule has 11 heteroatoms. The monoisotopic (exact) mass is 447 g/mol. The van der Waals surface area contributed by atoms with Crippen molar-refractivity contribution in [2.75, 3.05) is 17.7 Å². The van der Waals surface area contributed by atoms with E-state index in [1.165, 1.54) is 11.1 Å². The van der Waals surface area contributed by atoms with Gasteiger partial charge in [0.2, 0.25) is 5.82 Å². The largest absolute Gasteiger partial charge is 0.396 e. The molecular weight excluding hydrogens is 422 g/mol. The predicted octanol–water partition coefficient (Wildman–Crippen LogP) is 1.60. The Morgan fingerprint density at radius 2 is 2.15 bits per heavy atom. The van der Waals surface area contributed by atoms with E-state index in [1.54, 1.807) is 7.05 Å². The Kier molecular flexibility index (Phi) is 5.05. The van der Waals surface area contributed by atoms with Crippen LogP contribution in [0, 0.1) is 12.8 Å². The molecule has 4 N–H and O–H groups in total. The molecule has 0 aliphatic heterocycles. The first-order valence-corrected chi connectivity index (χ1v) is 10.8. The van der Waals surface area contributed by atoms with Gasteiger partial charge in [-0.25, -0.2) is 9.97 Å². The van der Waals surface area contributed by atoms with Crippen molar-refractivity contribution >= 4 is 22.4 Å². The number of aromatic nitrogens is 7. The molecule has 2 unspecified atom stereocenters. The normalized spacial score (nSPS) is 18.4. The summed E-state index contributed by atoms with van der Waals surface area (Å²) in [6.07, 6.45) is 2.13. The topological polar surface area (TPSA) is 150 Å². The predicted molar refractivity (Wildman–Crippen MR) is 123 cm³/mol. The number of nitrogens with one attached hydrogen (secondary N) is 1. The van der Waals surface area contributed by atoms with Gasteiger partial charge >= 0.3 is 0 Å². The second-order valence-electron chi connectivity index (χ2n) is 8.48. The summed E-state index contributed by atoms with van der Waals surface area (Å²) in [7, 11) is 1.66. The van der Waals surface area contributed by atoms with Gasteiger partial charge in [0.05, 0.1) is 18.5 Å². The first-order valence-electron chi connectivity index (χ1n) is 10.8. The zero-order valence-electron chi connectivity index (χ0n) is 18.6. The minimum absolute atomic E-state index is 0.0395. The number of anilines is 2. The van der Waals surface area contributed by atoms with Gasteiger partial charge in [-0.1, -0.05) is 18.2 Å². The van der Waals surface area contributed by atoms with Crippen LogP contribution >= 0.6 is 0 Å². The molecule has 3 aromatic heterocycles. The Morgan fingerprint density at radius 3 is 2.85 bits per heavy atom. The lowest BCUT2D eigenvalue weighted by atomic mass is 10.0. The highest BCUT2D eigenvalue weighted by atomic mass is 16.3. The number of rotatable bonds is 6. The molecule has 5 rings (SSSR count). The number of aryl methyl sites for hydroxylation is 2. The van der Waals surface area contributed by atoms with Crippen molar-refractivity contribution < 1.29 is 5.11 Å². The molecule has 0 radical (unpaired) electrons. The second-order valence-corrected chi connectivity index (χ2v) is 8.48. The highest BCUT2D eigenvalue weighted by Crippen LogP contribution is 2.44. The van der Waals surface area contributed by atoms with E-state index in [4.69, 9.17) is 5.73 Å². The van der Waals surface area contributed by atoms with Crippen molar-refractivity contribution in [3.63, 3.8) is 0 Å². The fraction of sp³-hybridized carbons (Fsp3) is 0.364. The van der Waals surface area contributed by atoms with Crippen LogP contribution in [-0.2, 0) is 7.05 Å². The van der Waals surface area contributed by atoms with Gasteiger partial charge < -0.3 is 20.7 Å². The van der Waals surface area contributed by atoms with Crippen molar-refractivity contribution in [3.05, 3.63) is 52.2 Å². The second kappa shape index (κ2) is 7.93. The van der Waals surface area contributed by atoms with Crippen molar-refractivity contribution in [2.45, 2.75) is 32.4 Å². The quantitative estimate of drug-likeness (QED) is 0.400. The van der Waals surface area contributed by atoms with Crippen LogP contribution in [0.4, 0.5) is 11.6 Å². The molecule has 1 fully saturated rings. The van der Waals surface area contributed by atoms with Gasteiger partial charge in [-0.2, -0.15) is 4.80 Å². The van der Waals surface area contributed by atoms with Crippen LogP contribution in [-0.4, -0.2) is 46.5 Å². The molecule has 1 saturated carbocycles. The minimum Gasteiger partial charge on any atom is -0.396 e. The van der Waals surface area contributed by atoms with E-state index in [9.17, 15) is 9.90 Å². The number of fused-ring (bicyclic) bond motifs is 1. The van der Waals surface area contributed by atoms with E-state index < -0.39 is 0 Å². The fourth-order valence-electron chi connectivity index (χ4n) is 4.38. The van der Waals surface area contributed by atoms with Gasteiger partial charge in [-0.3, -0.25) is 4.79 Å². The Morgan fingerprint density at radius 1 is 1.33 bits per heavy atom. The average Bonchev–Trinajstić information content (AvgIpc) is 3.44. The molecule has 11 nitrogen and oxygen atoms in total. The van der Waals surface area contributed by atoms with Crippen molar-refractivity contribution in [1.82, 2.24) is 34.7 Å². The number of tetrazole rings is 1. The van der Waals surface area contributed by atoms with Gasteiger partial charge in [-0.15, -0.1) is 10.2 Å². The van der Waals surface area contributed by atoms with Crippen molar-refractivity contribution in [2.24, 2.45) is 13.0 Å². The molecule has 0 spiro atoms. The van der Waals surface area contributed by atoms with Crippen LogP contribution in [0.5, 0.6) is 0 Å². The average molecular weight is 448 g/mol. The Balaban J connectivity index is 1.62. The lowest BCUT2D eigenvalue weighted by Gasteiger charge is -2.22. The lowest BCUT2D eigenvalue weighted by molar-refractivity contribution is 0.268. The Labute approximate surface area is 189 Å². The standard InChI is InChI=1S/C22H25N9O2/c1-11-5-4-6-13-7-15(31(22(33)17(11)13)16-8-14(16)9-32)12(2)26-20-18(19(23)24-10-25-20)21-27-29-30(3)28-21/h4-7,10,12,14,16,32H,8-9H2,1-3H3,(H3,23,24,25,26)/t12-,14?,16?/m0/s1. The number of nitrogens with two attached hydrogens (primary N) is 1. The van der Waals surface area contributed by atoms with Gasteiger partial charge in [0.1, 0.15) is 23.5 Å². The molecular formula is C22H25N9O2. The number of aliphatic hydroxyl groups is 1. The summed E-state index contributed by atoms with van der Waals surface area (Å²) in [4.78, 5) is 23.4. The molecule has 1 aliphatic carbocycles. The summed E-state index contributed by atoms with van der Waals surface area (Å²) >= 11 is 0. The first-order chi connectivity index (χ1) is 15.9. The highest BCUT2D eigenvalue weighted by Gasteiger charge is 2.40. The zero-order valence-corrected chi connectivity index (χ0v) is 18.6. The molecule has 3 heterocycles. The molecule has 0 amide bonds. The highest BCUT2D eigenvalue weighted by molar-refractivity contribution is 5.85. The Hall–Kier alpha value is -3.86. The molecule has 0 bridgehead atoms. The van der Waals surface area contributed by atoms with E-state index in [0.29, 0.717) is 22.6 Å². The third-order valence-corrected chi connectivity index (χ3v) is 6.18. The van der Waals surface area contributed by atoms with Crippen LogP contribution < -0.4 is 16.6 Å². The van der Waals surface area contributed by atoms with Crippen LogP contribution in [0.25, 0.3) is 22.2 Å². The summed E-state index contributed by atoms with van der Waals surface area (Å²) in [6.45, 7) is 3.94. The number of aliphatic hydroxyl groups excluding tert-OH is 1. The van der Waals surface area contributed by atoms with E-state index in [1.807, 2.05) is 42.7 Å². The summed E-state index contributed by atoms with van der Waals surface area (Å²) in [5.41, 5.74) is 8.25. The zero-order chi connectivity index (χ0) is 23.3. The van der Waals surface area contributed by atoms with E-state index in [-0.39, 0.29) is 36.0 Å². The molecule has 0 saturated heterocycles. The maximum Gasteiger partial charge on any atom is 0.259 e. The minimum atomic E-state index is -0.313. The maximum atomic E-state index is 13.6. The van der Waals surface area contributed by atoms with Crippen LogP contribution in [0.3, 0.4) is 0 Å². The van der Waals surface area contributed by atoms with Crippen molar-refractivity contribution in [1.29, 1.82) is 0 Å². The van der Waals surface area contributed by atoms with Crippen LogP contribution in [0.15, 0.2) is 35.4 Å². The third kappa shape index (κ3) is 3.59. The van der Waals surface area contributed by atoms with E-state index >= 15 is 0 Å². The van der Waals surface area contributed by atoms with Crippen LogP contribution in [0.2, 0.25) is 0 Å². The van der Waals surface area contributed by atoms with Gasteiger partial charge in [0.25, 0.3) is 5.56 Å². The Bertz CT molecular complexity index is 1410. The smallest absolute Gasteiger partial charge is 0.259 e. The summed E-state index contributed by atoms with van der Waals surface area (Å²) < 4.78 is 1.82. The maximum absolute atomic E-state index is 13.6. The summed E-state index contributed by atoms with van der Waals surface area (Å²) in [5, 5.41) is 26.8. The molecule has 1 aliphatic rings. The summed E-state index contributed by atoms with van der Waals surface area (Å²) in [5.74, 6) is 1.05. The molecule has 170 valence electrons. The number of pyridine rings is 1. The van der Waals surface area contributed by atoms with Crippen molar-refractivity contribution in [3.8, 4) is 11.4 Å².